The first-order valence-corrected chi connectivity index (χ1v) is 6.91. The molecule has 0 radical (unpaired) electrons. The maximum atomic E-state index is 11.2. The van der Waals surface area contributed by atoms with Gasteiger partial charge in [-0.2, -0.15) is 0 Å². The summed E-state index contributed by atoms with van der Waals surface area (Å²) in [6.07, 6.45) is 0.463. The highest BCUT2D eigenvalue weighted by Gasteiger charge is 2.09. The molecule has 0 N–H and O–H groups in total. The van der Waals surface area contributed by atoms with Gasteiger partial charge in [-0.25, -0.2) is 0 Å². The smallest absolute Gasteiger partial charge is 0.134 e. The minimum atomic E-state index is 0.164. The van der Waals surface area contributed by atoms with Gasteiger partial charge in [0.15, 0.2) is 0 Å². The minimum absolute atomic E-state index is 0.164. The van der Waals surface area contributed by atoms with Crippen LogP contribution in [0, 0.1) is 13.8 Å². The number of hydrogen-bond acceptors (Lipinski definition) is 3. The highest BCUT2D eigenvalue weighted by molar-refractivity contribution is 5.78. The number of hydrogen-bond donors (Lipinski definition) is 0. The second-order valence-electron chi connectivity index (χ2n) is 5.22. The normalized spacial score (nSPS) is 10.3. The van der Waals surface area contributed by atoms with E-state index in [0.717, 1.165) is 33.9 Å². The third-order valence-electron chi connectivity index (χ3n) is 3.25. The first-order valence-electron chi connectivity index (χ1n) is 6.91. The standard InChI is InChI=1S/C18H20O3/c1-12-9-15(11-14(3)19)10-13(2)18(12)21-17-7-5-16(20-4)6-8-17/h5-10H,11H2,1-4H3. The molecule has 3 heteroatoms. The van der Waals surface area contributed by atoms with Crippen LogP contribution >= 0.6 is 0 Å². The van der Waals surface area contributed by atoms with Crippen molar-refractivity contribution < 1.29 is 14.3 Å². The van der Waals surface area contributed by atoms with Crippen LogP contribution in [0.5, 0.6) is 17.2 Å². The Labute approximate surface area is 125 Å². The van der Waals surface area contributed by atoms with Crippen LogP contribution in [0.3, 0.4) is 0 Å². The van der Waals surface area contributed by atoms with Gasteiger partial charge >= 0.3 is 0 Å². The molecule has 2 rings (SSSR count). The number of carbonyl (C=O) groups excluding carboxylic acids is 1. The fraction of sp³-hybridized carbons (Fsp3) is 0.278. The van der Waals surface area contributed by atoms with Crippen LogP contribution in [0.15, 0.2) is 36.4 Å². The van der Waals surface area contributed by atoms with Gasteiger partial charge in [0.2, 0.25) is 0 Å². The third-order valence-corrected chi connectivity index (χ3v) is 3.25. The average Bonchev–Trinajstić information content (AvgIpc) is 2.43. The third kappa shape index (κ3) is 3.85. The Balaban J connectivity index is 2.24. The van der Waals surface area contributed by atoms with E-state index >= 15 is 0 Å². The van der Waals surface area contributed by atoms with E-state index < -0.39 is 0 Å². The maximum Gasteiger partial charge on any atom is 0.134 e. The van der Waals surface area contributed by atoms with Gasteiger partial charge in [0.1, 0.15) is 23.0 Å². The molecule has 0 atom stereocenters. The van der Waals surface area contributed by atoms with Crippen LogP contribution in [0.25, 0.3) is 0 Å². The highest BCUT2D eigenvalue weighted by atomic mass is 16.5. The van der Waals surface area contributed by atoms with Crippen LogP contribution in [-0.4, -0.2) is 12.9 Å². The lowest BCUT2D eigenvalue weighted by molar-refractivity contribution is -0.116. The number of ether oxygens (including phenoxy) is 2. The molecule has 0 heterocycles. The van der Waals surface area contributed by atoms with E-state index in [1.165, 1.54) is 0 Å². The van der Waals surface area contributed by atoms with Crippen molar-refractivity contribution in [3.05, 3.63) is 53.1 Å². The Morgan fingerprint density at radius 2 is 1.52 bits per heavy atom. The van der Waals surface area contributed by atoms with Crippen molar-refractivity contribution in [1.82, 2.24) is 0 Å². The summed E-state index contributed by atoms with van der Waals surface area (Å²) in [4.78, 5) is 11.2. The fourth-order valence-corrected chi connectivity index (χ4v) is 2.35. The van der Waals surface area contributed by atoms with Gasteiger partial charge in [-0.05, 0) is 61.7 Å². The van der Waals surface area contributed by atoms with Crippen molar-refractivity contribution >= 4 is 5.78 Å². The van der Waals surface area contributed by atoms with Crippen molar-refractivity contribution in [3.8, 4) is 17.2 Å². The van der Waals surface area contributed by atoms with Gasteiger partial charge in [0.25, 0.3) is 0 Å². The molecule has 2 aromatic rings. The predicted molar refractivity (Wildman–Crippen MR) is 83.4 cm³/mol. The molecule has 110 valence electrons. The maximum absolute atomic E-state index is 11.2. The molecule has 3 nitrogen and oxygen atoms in total. The molecule has 0 saturated carbocycles. The largest absolute Gasteiger partial charge is 0.497 e. The molecule has 0 aromatic heterocycles. The Bertz CT molecular complexity index is 619. The van der Waals surface area contributed by atoms with E-state index in [4.69, 9.17) is 9.47 Å². The van der Waals surface area contributed by atoms with E-state index in [-0.39, 0.29) is 5.78 Å². The van der Waals surface area contributed by atoms with Gasteiger partial charge < -0.3 is 9.47 Å². The molecule has 0 aliphatic carbocycles. The van der Waals surface area contributed by atoms with Gasteiger partial charge in [0, 0.05) is 6.42 Å². The fourth-order valence-electron chi connectivity index (χ4n) is 2.35. The van der Waals surface area contributed by atoms with Crippen molar-refractivity contribution in [3.63, 3.8) is 0 Å². The quantitative estimate of drug-likeness (QED) is 0.824. The summed E-state index contributed by atoms with van der Waals surface area (Å²) >= 11 is 0. The predicted octanol–water partition coefficient (Wildman–Crippen LogP) is 4.24. The van der Waals surface area contributed by atoms with Crippen LogP contribution in [0.2, 0.25) is 0 Å². The number of benzene rings is 2. The number of aryl methyl sites for hydroxylation is 2. The van der Waals surface area contributed by atoms with Crippen LogP contribution in [0.4, 0.5) is 0 Å². The summed E-state index contributed by atoms with van der Waals surface area (Å²) in [7, 11) is 1.64. The molecule has 0 bridgehead atoms. The first kappa shape index (κ1) is 15.1. The summed E-state index contributed by atoms with van der Waals surface area (Å²) in [5.74, 6) is 2.57. The van der Waals surface area contributed by atoms with Crippen molar-refractivity contribution in [2.45, 2.75) is 27.2 Å². The average molecular weight is 284 g/mol. The zero-order valence-corrected chi connectivity index (χ0v) is 12.9. The number of carbonyl (C=O) groups is 1. The molecule has 21 heavy (non-hydrogen) atoms. The lowest BCUT2D eigenvalue weighted by Gasteiger charge is -2.14. The molecule has 0 aliphatic rings. The molecule has 2 aromatic carbocycles. The molecule has 0 spiro atoms. The van der Waals surface area contributed by atoms with E-state index in [1.807, 2.05) is 50.2 Å². The summed E-state index contributed by atoms with van der Waals surface area (Å²) < 4.78 is 11.1. The topological polar surface area (TPSA) is 35.5 Å². The second kappa shape index (κ2) is 6.44. The number of ketones is 1. The SMILES string of the molecule is COc1ccc(Oc2c(C)cc(CC(C)=O)cc2C)cc1. The summed E-state index contributed by atoms with van der Waals surface area (Å²) in [6.45, 7) is 5.59. The minimum Gasteiger partial charge on any atom is -0.497 e. The van der Waals surface area contributed by atoms with Crippen molar-refractivity contribution in [2.24, 2.45) is 0 Å². The van der Waals surface area contributed by atoms with Crippen molar-refractivity contribution in [1.29, 1.82) is 0 Å². The lowest BCUT2D eigenvalue weighted by Crippen LogP contribution is -1.99. The lowest BCUT2D eigenvalue weighted by atomic mass is 10.0. The zero-order valence-electron chi connectivity index (χ0n) is 12.9. The first-order chi connectivity index (χ1) is 9.99. The Kier molecular flexibility index (Phi) is 4.63. The monoisotopic (exact) mass is 284 g/mol. The van der Waals surface area contributed by atoms with Crippen molar-refractivity contribution in [2.75, 3.05) is 7.11 Å². The van der Waals surface area contributed by atoms with E-state index in [1.54, 1.807) is 14.0 Å². The van der Waals surface area contributed by atoms with E-state index in [2.05, 4.69) is 0 Å². The van der Waals surface area contributed by atoms with Gasteiger partial charge in [-0.1, -0.05) is 12.1 Å². The molecule has 0 unspecified atom stereocenters. The molecular weight excluding hydrogens is 264 g/mol. The molecule has 0 aliphatic heterocycles. The number of rotatable bonds is 5. The number of Topliss-reactive ketones (excluding diaryl/α,β-unsaturated/α-hetero) is 1. The molecule has 0 saturated heterocycles. The van der Waals surface area contributed by atoms with E-state index in [0.29, 0.717) is 6.42 Å². The van der Waals surface area contributed by atoms with Crippen LogP contribution in [0.1, 0.15) is 23.6 Å². The highest BCUT2D eigenvalue weighted by Crippen LogP contribution is 2.30. The summed E-state index contributed by atoms with van der Waals surface area (Å²) in [5, 5.41) is 0. The van der Waals surface area contributed by atoms with Gasteiger partial charge in [-0.15, -0.1) is 0 Å². The Morgan fingerprint density at radius 3 is 2.00 bits per heavy atom. The summed E-state index contributed by atoms with van der Waals surface area (Å²) in [6, 6.07) is 11.5. The number of methoxy groups -OCH3 is 1. The summed E-state index contributed by atoms with van der Waals surface area (Å²) in [5.41, 5.74) is 3.09. The van der Waals surface area contributed by atoms with E-state index in [9.17, 15) is 4.79 Å². The molecule has 0 amide bonds. The molecular formula is C18H20O3. The van der Waals surface area contributed by atoms with Gasteiger partial charge in [0.05, 0.1) is 7.11 Å². The van der Waals surface area contributed by atoms with Gasteiger partial charge in [-0.3, -0.25) is 4.79 Å². The Morgan fingerprint density at radius 1 is 1.00 bits per heavy atom. The van der Waals surface area contributed by atoms with Crippen LogP contribution in [-0.2, 0) is 11.2 Å². The zero-order chi connectivity index (χ0) is 15.4. The molecule has 0 fully saturated rings. The van der Waals surface area contributed by atoms with Crippen LogP contribution < -0.4 is 9.47 Å². The Hall–Kier alpha value is -2.29. The second-order valence-corrected chi connectivity index (χ2v) is 5.22.